The Hall–Kier alpha value is 0.460. The Kier molecular flexibility index (Phi) is 2.13. The average Bonchev–Trinajstić information content (AvgIpc) is 2.71. The lowest BCUT2D eigenvalue weighted by atomic mass is 9.67. The molecule has 3 rings (SSSR count). The predicted molar refractivity (Wildman–Crippen MR) is 55.8 cm³/mol. The summed E-state index contributed by atoms with van der Waals surface area (Å²) in [5.74, 6) is 0.113. The SMILES string of the molecule is CO[C@H]1O[C@]2(OC)[C@@H]3[C@H]1CC[C@@H]3C2(Cl)Cl. The first-order valence-corrected chi connectivity index (χ1v) is 5.97. The first-order valence-electron chi connectivity index (χ1n) is 5.22. The van der Waals surface area contributed by atoms with Gasteiger partial charge in [0, 0.05) is 32.0 Å². The van der Waals surface area contributed by atoms with Crippen LogP contribution in [0.25, 0.3) is 0 Å². The van der Waals surface area contributed by atoms with Crippen molar-refractivity contribution in [3.8, 4) is 0 Å². The van der Waals surface area contributed by atoms with E-state index in [4.69, 9.17) is 37.4 Å². The van der Waals surface area contributed by atoms with E-state index >= 15 is 0 Å². The van der Waals surface area contributed by atoms with Gasteiger partial charge in [0.15, 0.2) is 10.6 Å². The summed E-state index contributed by atoms with van der Waals surface area (Å²) in [4.78, 5) is 0. The monoisotopic (exact) mass is 252 g/mol. The molecule has 0 bridgehead atoms. The van der Waals surface area contributed by atoms with Crippen LogP contribution >= 0.6 is 23.2 Å². The maximum atomic E-state index is 6.34. The molecular formula is C10H14Cl2O3. The molecule has 1 saturated heterocycles. The highest BCUT2D eigenvalue weighted by molar-refractivity contribution is 6.50. The Morgan fingerprint density at radius 2 is 2.00 bits per heavy atom. The smallest absolute Gasteiger partial charge is 0.208 e. The molecule has 0 aromatic heterocycles. The van der Waals surface area contributed by atoms with Crippen LogP contribution in [0.4, 0.5) is 0 Å². The Morgan fingerprint density at radius 3 is 2.60 bits per heavy atom. The maximum Gasteiger partial charge on any atom is 0.208 e. The van der Waals surface area contributed by atoms with Gasteiger partial charge in [-0.25, -0.2) is 0 Å². The van der Waals surface area contributed by atoms with Crippen LogP contribution in [0.15, 0.2) is 0 Å². The Morgan fingerprint density at radius 1 is 1.27 bits per heavy atom. The standard InChI is InChI=1S/C10H14Cl2O3/c1-13-8-5-3-4-6-7(5)10(14-2,15-8)9(6,11)12/h5-8H,3-4H2,1-2H3/t5-,6+,7-,8+,10-/m1/s1. The molecular weight excluding hydrogens is 239 g/mol. The van der Waals surface area contributed by atoms with Crippen LogP contribution in [0, 0.1) is 17.8 Å². The molecule has 3 fully saturated rings. The molecule has 3 nitrogen and oxygen atoms in total. The predicted octanol–water partition coefficient (Wildman–Crippen LogP) is 2.16. The molecule has 0 aromatic carbocycles. The molecule has 0 radical (unpaired) electrons. The van der Waals surface area contributed by atoms with Gasteiger partial charge in [-0.1, -0.05) is 23.2 Å². The number of ether oxygens (including phenoxy) is 3. The summed E-state index contributed by atoms with van der Waals surface area (Å²) in [5, 5.41) is 0. The summed E-state index contributed by atoms with van der Waals surface area (Å²) in [6.07, 6.45) is 1.87. The normalized spacial score (nSPS) is 55.2. The lowest BCUT2D eigenvalue weighted by molar-refractivity contribution is -0.320. The van der Waals surface area contributed by atoms with Crippen LogP contribution < -0.4 is 0 Å². The lowest BCUT2D eigenvalue weighted by Gasteiger charge is -2.56. The van der Waals surface area contributed by atoms with Crippen molar-refractivity contribution in [2.75, 3.05) is 14.2 Å². The van der Waals surface area contributed by atoms with Crippen LogP contribution in [0.2, 0.25) is 0 Å². The molecule has 1 aliphatic heterocycles. The van der Waals surface area contributed by atoms with Gasteiger partial charge in [0.05, 0.1) is 0 Å². The highest BCUT2D eigenvalue weighted by Crippen LogP contribution is 2.73. The summed E-state index contributed by atoms with van der Waals surface area (Å²) in [7, 11) is 3.25. The van der Waals surface area contributed by atoms with Crippen molar-refractivity contribution in [1.82, 2.24) is 0 Å². The molecule has 15 heavy (non-hydrogen) atoms. The lowest BCUT2D eigenvalue weighted by Crippen LogP contribution is -2.68. The average molecular weight is 253 g/mol. The second-order valence-corrected chi connectivity index (χ2v) is 5.98. The van der Waals surface area contributed by atoms with E-state index in [0.717, 1.165) is 12.8 Å². The van der Waals surface area contributed by atoms with Crippen LogP contribution in [-0.4, -0.2) is 30.6 Å². The van der Waals surface area contributed by atoms with Gasteiger partial charge in [0.1, 0.15) is 0 Å². The number of rotatable bonds is 2. The van der Waals surface area contributed by atoms with Gasteiger partial charge in [0.25, 0.3) is 0 Å². The Labute approximate surface area is 99.0 Å². The van der Waals surface area contributed by atoms with Crippen molar-refractivity contribution in [2.24, 2.45) is 17.8 Å². The van der Waals surface area contributed by atoms with E-state index in [1.807, 2.05) is 0 Å². The van der Waals surface area contributed by atoms with Crippen molar-refractivity contribution in [3.05, 3.63) is 0 Å². The molecule has 3 aliphatic rings. The van der Waals surface area contributed by atoms with Crippen LogP contribution in [0.5, 0.6) is 0 Å². The number of methoxy groups -OCH3 is 2. The zero-order valence-corrected chi connectivity index (χ0v) is 10.2. The molecule has 1 heterocycles. The summed E-state index contributed by atoms with van der Waals surface area (Å²) in [6.45, 7) is 0. The zero-order valence-electron chi connectivity index (χ0n) is 8.70. The van der Waals surface area contributed by atoms with Gasteiger partial charge in [-0.2, -0.15) is 0 Å². The topological polar surface area (TPSA) is 27.7 Å². The summed E-state index contributed by atoms with van der Waals surface area (Å²) in [6, 6.07) is 0. The first kappa shape index (κ1) is 10.6. The molecule has 0 unspecified atom stereocenters. The van der Waals surface area contributed by atoms with Gasteiger partial charge in [-0.15, -0.1) is 0 Å². The van der Waals surface area contributed by atoms with E-state index < -0.39 is 10.1 Å². The van der Waals surface area contributed by atoms with Gasteiger partial charge in [-0.05, 0) is 12.8 Å². The first-order chi connectivity index (χ1) is 7.08. The highest BCUT2D eigenvalue weighted by Gasteiger charge is 2.81. The minimum absolute atomic E-state index is 0.223. The molecule has 2 aliphatic carbocycles. The molecule has 0 amide bonds. The largest absolute Gasteiger partial charge is 0.355 e. The Balaban J connectivity index is 2.00. The van der Waals surface area contributed by atoms with E-state index in [0.29, 0.717) is 11.8 Å². The van der Waals surface area contributed by atoms with Crippen molar-refractivity contribution >= 4 is 23.2 Å². The molecule has 0 spiro atoms. The third kappa shape index (κ3) is 0.956. The minimum Gasteiger partial charge on any atom is -0.355 e. The van der Waals surface area contributed by atoms with Gasteiger partial charge < -0.3 is 14.2 Å². The quantitative estimate of drug-likeness (QED) is 0.706. The van der Waals surface area contributed by atoms with Crippen molar-refractivity contribution in [2.45, 2.75) is 29.3 Å². The second kappa shape index (κ2) is 3.02. The number of alkyl halides is 2. The molecule has 86 valence electrons. The van der Waals surface area contributed by atoms with Crippen molar-refractivity contribution in [1.29, 1.82) is 0 Å². The van der Waals surface area contributed by atoms with Crippen LogP contribution in [0.3, 0.4) is 0 Å². The summed E-state index contributed by atoms with van der Waals surface area (Å²) >= 11 is 12.7. The van der Waals surface area contributed by atoms with Crippen LogP contribution in [0.1, 0.15) is 12.8 Å². The van der Waals surface area contributed by atoms with E-state index in [9.17, 15) is 0 Å². The maximum absolute atomic E-state index is 6.34. The van der Waals surface area contributed by atoms with E-state index in [2.05, 4.69) is 0 Å². The fourth-order valence-electron chi connectivity index (χ4n) is 3.63. The fourth-order valence-corrected chi connectivity index (χ4v) is 4.62. The van der Waals surface area contributed by atoms with Crippen molar-refractivity contribution in [3.63, 3.8) is 0 Å². The van der Waals surface area contributed by atoms with Crippen LogP contribution in [-0.2, 0) is 14.2 Å². The Bertz CT molecular complexity index is 296. The molecule has 0 aromatic rings. The molecule has 5 heteroatoms. The van der Waals surface area contributed by atoms with Crippen molar-refractivity contribution < 1.29 is 14.2 Å². The number of halogens is 2. The highest BCUT2D eigenvalue weighted by atomic mass is 35.5. The molecule has 0 N–H and O–H groups in total. The molecule has 2 saturated carbocycles. The van der Waals surface area contributed by atoms with Gasteiger partial charge in [-0.3, -0.25) is 0 Å². The number of hydrogen-bond acceptors (Lipinski definition) is 3. The fraction of sp³-hybridized carbons (Fsp3) is 1.00. The van der Waals surface area contributed by atoms with Gasteiger partial charge >= 0.3 is 0 Å². The van der Waals surface area contributed by atoms with E-state index in [1.54, 1.807) is 14.2 Å². The zero-order chi connectivity index (χ0) is 10.8. The number of hydrogen-bond donors (Lipinski definition) is 0. The van der Waals surface area contributed by atoms with Gasteiger partial charge in [0.2, 0.25) is 5.79 Å². The van der Waals surface area contributed by atoms with E-state index in [1.165, 1.54) is 0 Å². The third-order valence-electron chi connectivity index (χ3n) is 4.25. The summed E-state index contributed by atoms with van der Waals surface area (Å²) < 4.78 is 15.6. The second-order valence-electron chi connectivity index (χ2n) is 4.59. The van der Waals surface area contributed by atoms with E-state index in [-0.39, 0.29) is 12.2 Å². The third-order valence-corrected chi connectivity index (χ3v) is 5.34. The summed E-state index contributed by atoms with van der Waals surface area (Å²) in [5.41, 5.74) is 0. The molecule has 5 atom stereocenters. The minimum atomic E-state index is -0.922.